The van der Waals surface area contributed by atoms with Gasteiger partial charge in [0.1, 0.15) is 6.61 Å². The van der Waals surface area contributed by atoms with Crippen LogP contribution in [-0.4, -0.2) is 21.1 Å². The lowest BCUT2D eigenvalue weighted by Crippen LogP contribution is -2.15. The van der Waals surface area contributed by atoms with Crippen LogP contribution in [0.2, 0.25) is 5.02 Å². The van der Waals surface area contributed by atoms with Gasteiger partial charge in [-0.25, -0.2) is 4.98 Å². The van der Waals surface area contributed by atoms with Crippen LogP contribution in [0.4, 0.5) is 0 Å². The van der Waals surface area contributed by atoms with Gasteiger partial charge in [-0.2, -0.15) is 0 Å². The minimum atomic E-state index is -0.518. The van der Waals surface area contributed by atoms with Crippen molar-refractivity contribution in [3.05, 3.63) is 68.5 Å². The first kappa shape index (κ1) is 17.3. The summed E-state index contributed by atoms with van der Waals surface area (Å²) in [5.41, 5.74) is 0.648. The van der Waals surface area contributed by atoms with Crippen molar-refractivity contribution in [2.45, 2.75) is 19.4 Å². The highest BCUT2D eigenvalue weighted by atomic mass is 35.5. The van der Waals surface area contributed by atoms with Crippen molar-refractivity contribution in [1.29, 1.82) is 0 Å². The van der Waals surface area contributed by atoms with Gasteiger partial charge in [0, 0.05) is 34.7 Å². The van der Waals surface area contributed by atoms with Gasteiger partial charge >= 0.3 is 5.97 Å². The zero-order valence-electron chi connectivity index (χ0n) is 13.0. The molecule has 0 aliphatic rings. The molecule has 0 saturated heterocycles. The van der Waals surface area contributed by atoms with Crippen molar-refractivity contribution in [1.82, 2.24) is 9.38 Å². The molecule has 2 heterocycles. The molecule has 0 amide bonds. The maximum absolute atomic E-state index is 12.0. The number of rotatable bonds is 6. The Labute approximate surface area is 151 Å². The Balaban J connectivity index is 1.53. The van der Waals surface area contributed by atoms with Crippen LogP contribution in [0.1, 0.15) is 28.9 Å². The zero-order chi connectivity index (χ0) is 17.8. The van der Waals surface area contributed by atoms with Gasteiger partial charge in [0.15, 0.2) is 10.7 Å². The monoisotopic (exact) mass is 376 g/mol. The third-order valence-corrected chi connectivity index (χ3v) is 4.47. The van der Waals surface area contributed by atoms with Gasteiger partial charge in [0.25, 0.3) is 5.56 Å². The lowest BCUT2D eigenvalue weighted by atomic mass is 10.1. The van der Waals surface area contributed by atoms with E-state index in [-0.39, 0.29) is 30.8 Å². The van der Waals surface area contributed by atoms with E-state index in [1.54, 1.807) is 35.8 Å². The van der Waals surface area contributed by atoms with Crippen LogP contribution in [-0.2, 0) is 16.1 Å². The number of thiazole rings is 1. The van der Waals surface area contributed by atoms with E-state index in [0.29, 0.717) is 21.2 Å². The fourth-order valence-corrected chi connectivity index (χ4v) is 3.05. The molecule has 0 unspecified atom stereocenters. The number of fused-ring (bicyclic) bond motifs is 1. The van der Waals surface area contributed by atoms with Crippen LogP contribution in [0.5, 0.6) is 0 Å². The number of benzene rings is 1. The molecule has 3 rings (SSSR count). The second-order valence-electron chi connectivity index (χ2n) is 5.23. The summed E-state index contributed by atoms with van der Waals surface area (Å²) in [5.74, 6) is -0.680. The third-order valence-electron chi connectivity index (χ3n) is 3.46. The van der Waals surface area contributed by atoms with E-state index in [1.165, 1.54) is 21.8 Å². The minimum absolute atomic E-state index is 0.0400. The van der Waals surface area contributed by atoms with Crippen LogP contribution in [0.3, 0.4) is 0 Å². The van der Waals surface area contributed by atoms with Gasteiger partial charge in [0.2, 0.25) is 0 Å². The highest BCUT2D eigenvalue weighted by Gasteiger charge is 2.11. The van der Waals surface area contributed by atoms with E-state index in [1.807, 2.05) is 0 Å². The van der Waals surface area contributed by atoms with Crippen LogP contribution < -0.4 is 5.56 Å². The molecule has 0 aliphatic carbocycles. The molecule has 0 N–H and O–H groups in total. The number of hydrogen-bond donors (Lipinski definition) is 0. The van der Waals surface area contributed by atoms with E-state index in [4.69, 9.17) is 16.3 Å². The van der Waals surface area contributed by atoms with E-state index >= 15 is 0 Å². The molecule has 0 saturated carbocycles. The number of ketones is 1. The SMILES string of the molecule is O=C(CCC(=O)c1ccc(Cl)cc1)OCc1cc(=O)n2ccsc2n1. The molecule has 2 aromatic heterocycles. The molecule has 1 aromatic carbocycles. The van der Waals surface area contributed by atoms with Gasteiger partial charge in [-0.3, -0.25) is 18.8 Å². The maximum atomic E-state index is 12.0. The van der Waals surface area contributed by atoms with E-state index in [9.17, 15) is 14.4 Å². The summed E-state index contributed by atoms with van der Waals surface area (Å²) in [6.45, 7) is -0.0996. The molecule has 0 atom stereocenters. The number of nitrogens with zero attached hydrogens (tertiary/aromatic N) is 2. The first-order valence-corrected chi connectivity index (χ1v) is 8.69. The molecular weight excluding hydrogens is 364 g/mol. The van der Waals surface area contributed by atoms with Crippen LogP contribution >= 0.6 is 22.9 Å². The van der Waals surface area contributed by atoms with Crippen molar-refractivity contribution in [2.24, 2.45) is 0 Å². The number of hydrogen-bond acceptors (Lipinski definition) is 6. The Hall–Kier alpha value is -2.51. The number of carbonyl (C=O) groups is 2. The highest BCUT2D eigenvalue weighted by Crippen LogP contribution is 2.12. The van der Waals surface area contributed by atoms with E-state index < -0.39 is 5.97 Å². The van der Waals surface area contributed by atoms with Gasteiger partial charge in [-0.15, -0.1) is 11.3 Å². The Morgan fingerprint density at radius 3 is 2.72 bits per heavy atom. The van der Waals surface area contributed by atoms with Gasteiger partial charge in [-0.05, 0) is 24.3 Å². The number of aromatic nitrogens is 2. The zero-order valence-corrected chi connectivity index (χ0v) is 14.5. The van der Waals surface area contributed by atoms with Gasteiger partial charge in [-0.1, -0.05) is 11.6 Å². The fraction of sp³-hybridized carbons (Fsp3) is 0.176. The van der Waals surface area contributed by atoms with Crippen molar-refractivity contribution in [3.63, 3.8) is 0 Å². The molecule has 0 aliphatic heterocycles. The first-order valence-electron chi connectivity index (χ1n) is 7.43. The van der Waals surface area contributed by atoms with E-state index in [2.05, 4.69) is 4.98 Å². The lowest BCUT2D eigenvalue weighted by molar-refractivity contribution is -0.145. The van der Waals surface area contributed by atoms with Crippen molar-refractivity contribution >= 4 is 39.7 Å². The standard InChI is InChI=1S/C17H13ClN2O4S/c18-12-3-1-11(2-4-12)14(21)5-6-16(23)24-10-13-9-15(22)20-7-8-25-17(20)19-13/h1-4,7-9H,5-6,10H2. The Morgan fingerprint density at radius 1 is 1.20 bits per heavy atom. The molecular formula is C17H13ClN2O4S. The Morgan fingerprint density at radius 2 is 1.96 bits per heavy atom. The average Bonchev–Trinajstić information content (AvgIpc) is 3.07. The van der Waals surface area contributed by atoms with Crippen molar-refractivity contribution < 1.29 is 14.3 Å². The van der Waals surface area contributed by atoms with E-state index in [0.717, 1.165) is 0 Å². The third kappa shape index (κ3) is 4.32. The van der Waals surface area contributed by atoms with Crippen LogP contribution in [0.15, 0.2) is 46.7 Å². The van der Waals surface area contributed by atoms with Gasteiger partial charge < -0.3 is 4.74 Å². The summed E-state index contributed by atoms with van der Waals surface area (Å²) in [6.07, 6.45) is 1.63. The van der Waals surface area contributed by atoms with Crippen molar-refractivity contribution in [3.8, 4) is 0 Å². The number of esters is 1. The second-order valence-corrected chi connectivity index (χ2v) is 6.54. The van der Waals surface area contributed by atoms with Crippen molar-refractivity contribution in [2.75, 3.05) is 0 Å². The summed E-state index contributed by atoms with van der Waals surface area (Å²) in [4.78, 5) is 40.4. The summed E-state index contributed by atoms with van der Waals surface area (Å²) >= 11 is 7.09. The Bertz CT molecular complexity index is 978. The van der Waals surface area contributed by atoms with Crippen LogP contribution in [0, 0.1) is 0 Å². The number of carbonyl (C=O) groups excluding carboxylic acids is 2. The predicted molar refractivity (Wildman–Crippen MR) is 94.2 cm³/mol. The number of halogens is 1. The number of ether oxygens (including phenoxy) is 1. The lowest BCUT2D eigenvalue weighted by Gasteiger charge is -2.05. The quantitative estimate of drug-likeness (QED) is 0.488. The average molecular weight is 377 g/mol. The molecule has 3 aromatic rings. The molecule has 0 radical (unpaired) electrons. The molecule has 6 nitrogen and oxygen atoms in total. The molecule has 8 heteroatoms. The van der Waals surface area contributed by atoms with Gasteiger partial charge in [0.05, 0.1) is 12.1 Å². The highest BCUT2D eigenvalue weighted by molar-refractivity contribution is 7.15. The summed E-state index contributed by atoms with van der Waals surface area (Å²) in [7, 11) is 0. The topological polar surface area (TPSA) is 77.7 Å². The first-order chi connectivity index (χ1) is 12.0. The summed E-state index contributed by atoms with van der Waals surface area (Å²) in [5, 5.41) is 2.30. The minimum Gasteiger partial charge on any atom is -0.459 e. The molecule has 0 bridgehead atoms. The summed E-state index contributed by atoms with van der Waals surface area (Å²) < 4.78 is 6.51. The molecule has 0 fully saturated rings. The summed E-state index contributed by atoms with van der Waals surface area (Å²) in [6, 6.07) is 7.80. The number of Topliss-reactive ketones (excluding diaryl/α,β-unsaturated/α-hetero) is 1. The Kier molecular flexibility index (Phi) is 5.25. The van der Waals surface area contributed by atoms with Crippen LogP contribution in [0.25, 0.3) is 4.96 Å². The fourth-order valence-electron chi connectivity index (χ4n) is 2.18. The second kappa shape index (κ2) is 7.58. The predicted octanol–water partition coefficient (Wildman–Crippen LogP) is 3.12. The molecule has 128 valence electrons. The normalized spacial score (nSPS) is 10.8. The molecule has 25 heavy (non-hydrogen) atoms. The smallest absolute Gasteiger partial charge is 0.306 e. The molecule has 0 spiro atoms. The largest absolute Gasteiger partial charge is 0.459 e. The maximum Gasteiger partial charge on any atom is 0.306 e.